The molecule has 2 amide bonds. The van der Waals surface area contributed by atoms with Crippen LogP contribution in [0.15, 0.2) is 42.5 Å². The van der Waals surface area contributed by atoms with Crippen LogP contribution in [0.4, 0.5) is 11.4 Å². The first-order chi connectivity index (χ1) is 12.1. The standard InChI is InChI=1S/C19H18N2O4/c1-2-14-5-3-4-6-15(14)20-18(23)10-21-16-9-13(11-22)7-8-17(16)25-12-19(21)24/h3-9,11H,2,10,12H2,1H3,(H,20,23). The first kappa shape index (κ1) is 16.7. The fourth-order valence-electron chi connectivity index (χ4n) is 2.75. The molecule has 1 heterocycles. The van der Waals surface area contributed by atoms with Gasteiger partial charge in [-0.2, -0.15) is 0 Å². The van der Waals surface area contributed by atoms with Crippen LogP contribution >= 0.6 is 0 Å². The van der Waals surface area contributed by atoms with Crippen LogP contribution in [0.1, 0.15) is 22.8 Å². The van der Waals surface area contributed by atoms with Crippen LogP contribution in [0.2, 0.25) is 0 Å². The molecule has 25 heavy (non-hydrogen) atoms. The summed E-state index contributed by atoms with van der Waals surface area (Å²) in [5.41, 5.74) is 2.60. The highest BCUT2D eigenvalue weighted by atomic mass is 16.5. The Morgan fingerprint density at radius 3 is 2.84 bits per heavy atom. The van der Waals surface area contributed by atoms with E-state index in [1.165, 1.54) is 4.90 Å². The molecule has 6 heteroatoms. The zero-order valence-electron chi connectivity index (χ0n) is 13.8. The number of anilines is 2. The lowest BCUT2D eigenvalue weighted by Crippen LogP contribution is -2.43. The normalized spacial score (nSPS) is 13.0. The Morgan fingerprint density at radius 2 is 2.08 bits per heavy atom. The largest absolute Gasteiger partial charge is 0.482 e. The first-order valence-electron chi connectivity index (χ1n) is 8.02. The van der Waals surface area contributed by atoms with Crippen molar-refractivity contribution in [2.24, 2.45) is 0 Å². The van der Waals surface area contributed by atoms with Crippen LogP contribution < -0.4 is 15.0 Å². The van der Waals surface area contributed by atoms with Crippen molar-refractivity contribution >= 4 is 29.5 Å². The summed E-state index contributed by atoms with van der Waals surface area (Å²) in [6.07, 6.45) is 1.48. The van der Waals surface area contributed by atoms with Gasteiger partial charge in [-0.1, -0.05) is 25.1 Å². The van der Waals surface area contributed by atoms with Crippen molar-refractivity contribution in [2.75, 3.05) is 23.4 Å². The summed E-state index contributed by atoms with van der Waals surface area (Å²) in [7, 11) is 0. The van der Waals surface area contributed by atoms with E-state index >= 15 is 0 Å². The number of benzene rings is 2. The van der Waals surface area contributed by atoms with Crippen molar-refractivity contribution in [3.8, 4) is 5.75 Å². The molecule has 0 fully saturated rings. The summed E-state index contributed by atoms with van der Waals surface area (Å²) in [6.45, 7) is 1.73. The zero-order valence-corrected chi connectivity index (χ0v) is 13.8. The molecule has 2 aromatic carbocycles. The van der Waals surface area contributed by atoms with Gasteiger partial charge in [-0.3, -0.25) is 19.3 Å². The highest BCUT2D eigenvalue weighted by molar-refractivity contribution is 6.05. The lowest BCUT2D eigenvalue weighted by Gasteiger charge is -2.29. The van der Waals surface area contributed by atoms with Crippen LogP contribution in [0, 0.1) is 0 Å². The monoisotopic (exact) mass is 338 g/mol. The number of ether oxygens (including phenoxy) is 1. The Hall–Kier alpha value is -3.15. The number of amides is 2. The third-order valence-electron chi connectivity index (χ3n) is 4.04. The Morgan fingerprint density at radius 1 is 1.28 bits per heavy atom. The minimum atomic E-state index is -0.325. The van der Waals surface area contributed by atoms with Crippen molar-refractivity contribution in [3.05, 3.63) is 53.6 Å². The van der Waals surface area contributed by atoms with E-state index in [-0.39, 0.29) is 25.0 Å². The Balaban J connectivity index is 1.81. The van der Waals surface area contributed by atoms with Crippen molar-refractivity contribution in [1.82, 2.24) is 0 Å². The van der Waals surface area contributed by atoms with Crippen LogP contribution in [-0.4, -0.2) is 31.3 Å². The minimum Gasteiger partial charge on any atom is -0.482 e. The van der Waals surface area contributed by atoms with Gasteiger partial charge in [-0.25, -0.2) is 0 Å². The molecule has 0 saturated heterocycles. The number of fused-ring (bicyclic) bond motifs is 1. The van der Waals surface area contributed by atoms with Crippen LogP contribution in [0.25, 0.3) is 0 Å². The van der Waals surface area contributed by atoms with Gasteiger partial charge in [-0.05, 0) is 36.2 Å². The van der Waals surface area contributed by atoms with Crippen molar-refractivity contribution in [2.45, 2.75) is 13.3 Å². The number of aryl methyl sites for hydroxylation is 1. The van der Waals surface area contributed by atoms with Crippen LogP contribution in [0.5, 0.6) is 5.75 Å². The summed E-state index contributed by atoms with van der Waals surface area (Å²) >= 11 is 0. The first-order valence-corrected chi connectivity index (χ1v) is 8.02. The number of carbonyl (C=O) groups excluding carboxylic acids is 3. The van der Waals surface area contributed by atoms with E-state index in [9.17, 15) is 14.4 Å². The molecule has 1 aliphatic heterocycles. The molecular formula is C19H18N2O4. The van der Waals surface area contributed by atoms with Gasteiger partial charge in [0.15, 0.2) is 6.61 Å². The highest BCUT2D eigenvalue weighted by Crippen LogP contribution is 2.32. The Kier molecular flexibility index (Phi) is 4.79. The van der Waals surface area contributed by atoms with E-state index in [0.29, 0.717) is 23.3 Å². The van der Waals surface area contributed by atoms with Gasteiger partial charge in [-0.15, -0.1) is 0 Å². The number of para-hydroxylation sites is 1. The third kappa shape index (κ3) is 3.52. The van der Waals surface area contributed by atoms with E-state index in [4.69, 9.17) is 4.74 Å². The van der Waals surface area contributed by atoms with Gasteiger partial charge in [0.25, 0.3) is 5.91 Å². The maximum atomic E-state index is 12.4. The molecule has 1 aliphatic rings. The second-order valence-corrected chi connectivity index (χ2v) is 5.67. The molecule has 0 unspecified atom stereocenters. The fraction of sp³-hybridized carbons (Fsp3) is 0.211. The Bertz CT molecular complexity index is 832. The minimum absolute atomic E-state index is 0.133. The van der Waals surface area contributed by atoms with E-state index in [1.807, 2.05) is 31.2 Å². The molecule has 0 saturated carbocycles. The second-order valence-electron chi connectivity index (χ2n) is 5.67. The maximum absolute atomic E-state index is 12.4. The molecule has 3 rings (SSSR count). The van der Waals surface area contributed by atoms with E-state index in [1.54, 1.807) is 18.2 Å². The van der Waals surface area contributed by atoms with Gasteiger partial charge >= 0.3 is 0 Å². The third-order valence-corrected chi connectivity index (χ3v) is 4.04. The molecular weight excluding hydrogens is 320 g/mol. The smallest absolute Gasteiger partial charge is 0.265 e. The van der Waals surface area contributed by atoms with Crippen molar-refractivity contribution in [3.63, 3.8) is 0 Å². The molecule has 1 N–H and O–H groups in total. The van der Waals surface area contributed by atoms with Crippen molar-refractivity contribution in [1.29, 1.82) is 0 Å². The molecule has 128 valence electrons. The summed E-state index contributed by atoms with van der Waals surface area (Å²) in [6, 6.07) is 12.3. The Labute approximate surface area is 145 Å². The van der Waals surface area contributed by atoms with Gasteiger partial charge in [0.1, 0.15) is 18.6 Å². The van der Waals surface area contributed by atoms with Crippen molar-refractivity contribution < 1.29 is 19.1 Å². The summed E-state index contributed by atoms with van der Waals surface area (Å²) in [4.78, 5) is 37.0. The number of rotatable bonds is 5. The fourth-order valence-corrected chi connectivity index (χ4v) is 2.75. The molecule has 0 radical (unpaired) electrons. The molecule has 2 aromatic rings. The predicted octanol–water partition coefficient (Wildman–Crippen LogP) is 2.43. The maximum Gasteiger partial charge on any atom is 0.265 e. The highest BCUT2D eigenvalue weighted by Gasteiger charge is 2.27. The van der Waals surface area contributed by atoms with Crippen LogP contribution in [0.3, 0.4) is 0 Å². The van der Waals surface area contributed by atoms with Gasteiger partial charge < -0.3 is 10.1 Å². The molecule has 0 spiro atoms. The number of nitrogens with one attached hydrogen (secondary N) is 1. The predicted molar refractivity (Wildman–Crippen MR) is 94.1 cm³/mol. The topological polar surface area (TPSA) is 75.7 Å². The van der Waals surface area contributed by atoms with E-state index < -0.39 is 0 Å². The lowest BCUT2D eigenvalue weighted by atomic mass is 10.1. The number of nitrogens with zero attached hydrogens (tertiary/aromatic N) is 1. The molecule has 0 aromatic heterocycles. The van der Waals surface area contributed by atoms with Gasteiger partial charge in [0, 0.05) is 11.3 Å². The molecule has 0 bridgehead atoms. The number of hydrogen-bond donors (Lipinski definition) is 1. The molecule has 0 atom stereocenters. The number of hydrogen-bond acceptors (Lipinski definition) is 4. The number of carbonyl (C=O) groups is 3. The SMILES string of the molecule is CCc1ccccc1NC(=O)CN1C(=O)COc2ccc(C=O)cc21. The quantitative estimate of drug-likeness (QED) is 0.850. The van der Waals surface area contributed by atoms with Gasteiger partial charge in [0.05, 0.1) is 5.69 Å². The summed E-state index contributed by atoms with van der Waals surface area (Å²) in [5.74, 6) is -0.153. The molecule has 6 nitrogen and oxygen atoms in total. The zero-order chi connectivity index (χ0) is 17.8. The van der Waals surface area contributed by atoms with Gasteiger partial charge in [0.2, 0.25) is 5.91 Å². The van der Waals surface area contributed by atoms with E-state index in [0.717, 1.165) is 17.7 Å². The number of aldehydes is 1. The van der Waals surface area contributed by atoms with Crippen LogP contribution in [-0.2, 0) is 16.0 Å². The summed E-state index contributed by atoms with van der Waals surface area (Å²) in [5, 5.41) is 2.85. The lowest BCUT2D eigenvalue weighted by molar-refractivity contribution is -0.123. The molecule has 0 aliphatic carbocycles. The average Bonchev–Trinajstić information content (AvgIpc) is 2.64. The van der Waals surface area contributed by atoms with E-state index in [2.05, 4.69) is 5.32 Å². The average molecular weight is 338 g/mol. The second kappa shape index (κ2) is 7.17. The summed E-state index contributed by atoms with van der Waals surface area (Å²) < 4.78 is 5.36.